The summed E-state index contributed by atoms with van der Waals surface area (Å²) in [5.41, 5.74) is 1.29. The number of hydrogen-bond acceptors (Lipinski definition) is 6. The first-order chi connectivity index (χ1) is 16.1. The molecule has 0 bridgehead atoms. The number of nitrogens with zero attached hydrogens (tertiary/aromatic N) is 3. The molecule has 6 nitrogen and oxygen atoms in total. The molecule has 4 heterocycles. The lowest BCUT2D eigenvalue weighted by Crippen LogP contribution is -2.38. The number of benzene rings is 1. The molecule has 4 unspecified atom stereocenters. The van der Waals surface area contributed by atoms with Crippen molar-refractivity contribution < 1.29 is 14.4 Å². The van der Waals surface area contributed by atoms with Gasteiger partial charge in [-0.1, -0.05) is 31.2 Å². The van der Waals surface area contributed by atoms with E-state index < -0.39 is 23.9 Å². The fourth-order valence-electron chi connectivity index (χ4n) is 5.08. The Bertz CT molecular complexity index is 1230. The van der Waals surface area contributed by atoms with Crippen LogP contribution in [-0.2, 0) is 4.79 Å². The van der Waals surface area contributed by atoms with Crippen LogP contribution in [0.1, 0.15) is 51.0 Å². The summed E-state index contributed by atoms with van der Waals surface area (Å²) in [6.45, 7) is 2.29. The second kappa shape index (κ2) is 8.58. The molecular weight excluding hydrogens is 454 g/mol. The Hall–Kier alpha value is -3.28. The van der Waals surface area contributed by atoms with Gasteiger partial charge in [-0.2, -0.15) is 5.26 Å². The van der Waals surface area contributed by atoms with E-state index in [0.717, 1.165) is 10.4 Å². The number of fused-ring (bicyclic) bond motifs is 1. The van der Waals surface area contributed by atoms with Gasteiger partial charge in [0.2, 0.25) is 0 Å². The van der Waals surface area contributed by atoms with Gasteiger partial charge < -0.3 is 4.90 Å². The lowest BCUT2D eigenvalue weighted by Gasteiger charge is -2.27. The van der Waals surface area contributed by atoms with E-state index in [4.69, 9.17) is 0 Å². The number of Topliss-reactive ketones (excluding diaryl/α,β-unsaturated/α-hetero) is 1. The maximum absolute atomic E-state index is 13.9. The molecule has 2 aliphatic heterocycles. The SMILES string of the molecule is CCCN1C(=O)C2C(c3ccc(C#N)cc3)C(C(=O)c3cccs3)C(c3cccs3)N2C1=O. The van der Waals surface area contributed by atoms with Crippen LogP contribution in [0, 0.1) is 17.2 Å². The minimum atomic E-state index is -0.752. The van der Waals surface area contributed by atoms with Crippen LogP contribution < -0.4 is 0 Å². The second-order valence-electron chi connectivity index (χ2n) is 8.21. The molecule has 0 aliphatic carbocycles. The Morgan fingerprint density at radius 2 is 1.76 bits per heavy atom. The number of ketones is 1. The van der Waals surface area contributed by atoms with Gasteiger partial charge in [0.1, 0.15) is 6.04 Å². The molecule has 0 saturated carbocycles. The molecule has 8 heteroatoms. The van der Waals surface area contributed by atoms with Crippen molar-refractivity contribution in [2.24, 2.45) is 5.92 Å². The van der Waals surface area contributed by atoms with Crippen molar-refractivity contribution in [1.29, 1.82) is 5.26 Å². The van der Waals surface area contributed by atoms with E-state index in [2.05, 4.69) is 6.07 Å². The molecule has 0 N–H and O–H groups in total. The zero-order chi connectivity index (χ0) is 23.1. The molecule has 0 spiro atoms. The number of rotatable bonds is 6. The van der Waals surface area contributed by atoms with Crippen molar-refractivity contribution >= 4 is 40.4 Å². The number of thiophene rings is 2. The summed E-state index contributed by atoms with van der Waals surface area (Å²) in [6.07, 6.45) is 0.667. The number of imide groups is 1. The van der Waals surface area contributed by atoms with Gasteiger partial charge in [-0.05, 0) is 47.0 Å². The second-order valence-corrected chi connectivity index (χ2v) is 10.1. The average molecular weight is 476 g/mol. The lowest BCUT2D eigenvalue weighted by atomic mass is 9.78. The standard InChI is InChI=1S/C25H21N3O3S2/c1-2-11-27-24(30)22-19(16-9-7-15(14-26)8-10-16)20(23(29)18-6-4-13-33-18)21(28(22)25(27)31)17-5-3-12-32-17/h3-10,12-13,19-22H,2,11H2,1H3. The van der Waals surface area contributed by atoms with Crippen LogP contribution >= 0.6 is 22.7 Å². The maximum Gasteiger partial charge on any atom is 0.328 e. The number of urea groups is 1. The third-order valence-electron chi connectivity index (χ3n) is 6.41. The van der Waals surface area contributed by atoms with Crippen molar-refractivity contribution in [2.75, 3.05) is 6.54 Å². The van der Waals surface area contributed by atoms with Crippen molar-refractivity contribution in [3.05, 3.63) is 80.2 Å². The third kappa shape index (κ3) is 3.39. The Morgan fingerprint density at radius 3 is 2.36 bits per heavy atom. The van der Waals surface area contributed by atoms with E-state index in [0.29, 0.717) is 23.4 Å². The minimum Gasteiger partial charge on any atom is -0.303 e. The van der Waals surface area contributed by atoms with Gasteiger partial charge in [0.05, 0.1) is 28.5 Å². The number of hydrogen-bond donors (Lipinski definition) is 0. The van der Waals surface area contributed by atoms with E-state index in [9.17, 15) is 19.6 Å². The molecule has 3 amide bonds. The first kappa shape index (κ1) is 21.6. The molecule has 2 saturated heterocycles. The quantitative estimate of drug-likeness (QED) is 0.369. The highest BCUT2D eigenvalue weighted by molar-refractivity contribution is 7.12. The van der Waals surface area contributed by atoms with Gasteiger partial charge in [-0.25, -0.2) is 4.79 Å². The highest BCUT2D eigenvalue weighted by atomic mass is 32.1. The highest BCUT2D eigenvalue weighted by Gasteiger charge is 2.63. The molecule has 2 aromatic heterocycles. The molecule has 3 aromatic rings. The Labute approximate surface area is 199 Å². The van der Waals surface area contributed by atoms with Crippen LogP contribution in [0.25, 0.3) is 0 Å². The predicted octanol–water partition coefficient (Wildman–Crippen LogP) is 5.06. The summed E-state index contributed by atoms with van der Waals surface area (Å²) in [5.74, 6) is -1.41. The van der Waals surface area contributed by atoms with Gasteiger partial charge in [-0.15, -0.1) is 22.7 Å². The van der Waals surface area contributed by atoms with Crippen molar-refractivity contribution in [3.63, 3.8) is 0 Å². The Kier molecular flexibility index (Phi) is 5.60. The number of carbonyl (C=O) groups excluding carboxylic acids is 3. The average Bonchev–Trinajstić information content (AvgIpc) is 3.62. The summed E-state index contributed by atoms with van der Waals surface area (Å²) in [4.78, 5) is 45.4. The van der Waals surface area contributed by atoms with Crippen LogP contribution in [0.2, 0.25) is 0 Å². The predicted molar refractivity (Wildman–Crippen MR) is 126 cm³/mol. The minimum absolute atomic E-state index is 0.0604. The van der Waals surface area contributed by atoms with Crippen LogP contribution in [0.3, 0.4) is 0 Å². The maximum atomic E-state index is 13.9. The molecule has 0 radical (unpaired) electrons. The number of carbonyl (C=O) groups is 3. The molecule has 1 aromatic carbocycles. The van der Waals surface area contributed by atoms with Gasteiger partial charge in [0.25, 0.3) is 5.91 Å². The zero-order valence-electron chi connectivity index (χ0n) is 17.9. The van der Waals surface area contributed by atoms with Crippen LogP contribution in [0.4, 0.5) is 4.79 Å². The molecule has 166 valence electrons. The topological polar surface area (TPSA) is 81.5 Å². The van der Waals surface area contributed by atoms with E-state index in [1.165, 1.54) is 27.6 Å². The number of nitriles is 1. The third-order valence-corrected chi connectivity index (χ3v) is 8.24. The first-order valence-corrected chi connectivity index (χ1v) is 12.6. The smallest absolute Gasteiger partial charge is 0.303 e. The van der Waals surface area contributed by atoms with Crippen LogP contribution in [0.5, 0.6) is 0 Å². The first-order valence-electron chi connectivity index (χ1n) is 10.8. The molecule has 4 atom stereocenters. The summed E-state index contributed by atoms with van der Waals surface area (Å²) >= 11 is 2.86. The van der Waals surface area contributed by atoms with Crippen molar-refractivity contribution in [1.82, 2.24) is 9.80 Å². The van der Waals surface area contributed by atoms with Crippen molar-refractivity contribution in [3.8, 4) is 6.07 Å². The largest absolute Gasteiger partial charge is 0.328 e. The van der Waals surface area contributed by atoms with Crippen LogP contribution in [0.15, 0.2) is 59.3 Å². The highest BCUT2D eigenvalue weighted by Crippen LogP contribution is 2.54. The van der Waals surface area contributed by atoms with Crippen molar-refractivity contribution in [2.45, 2.75) is 31.3 Å². The fraction of sp³-hybridized carbons (Fsp3) is 0.280. The lowest BCUT2D eigenvalue weighted by molar-refractivity contribution is -0.128. The normalized spacial score (nSPS) is 24.2. The van der Waals surface area contributed by atoms with Gasteiger partial charge in [-0.3, -0.25) is 14.5 Å². The van der Waals surface area contributed by atoms with E-state index in [1.807, 2.05) is 48.0 Å². The van der Waals surface area contributed by atoms with Gasteiger partial charge in [0.15, 0.2) is 5.78 Å². The van der Waals surface area contributed by atoms with Crippen LogP contribution in [-0.4, -0.2) is 40.1 Å². The summed E-state index contributed by atoms with van der Waals surface area (Å²) in [6, 6.07) is 15.0. The summed E-state index contributed by atoms with van der Waals surface area (Å²) in [7, 11) is 0. The van der Waals surface area contributed by atoms with E-state index in [1.54, 1.807) is 23.1 Å². The molecule has 2 fully saturated rings. The zero-order valence-corrected chi connectivity index (χ0v) is 19.5. The number of amides is 3. The summed E-state index contributed by atoms with van der Waals surface area (Å²) < 4.78 is 0. The molecule has 2 aliphatic rings. The Balaban J connectivity index is 1.70. The van der Waals surface area contributed by atoms with Gasteiger partial charge >= 0.3 is 6.03 Å². The fourth-order valence-corrected chi connectivity index (χ4v) is 6.66. The van der Waals surface area contributed by atoms with E-state index in [-0.39, 0.29) is 17.7 Å². The van der Waals surface area contributed by atoms with Gasteiger partial charge in [0, 0.05) is 17.3 Å². The molecule has 33 heavy (non-hydrogen) atoms. The molecular formula is C25H21N3O3S2. The summed E-state index contributed by atoms with van der Waals surface area (Å²) in [5, 5.41) is 13.0. The monoisotopic (exact) mass is 475 g/mol. The van der Waals surface area contributed by atoms with E-state index >= 15 is 0 Å². The Morgan fingerprint density at radius 1 is 1.03 bits per heavy atom. The molecule has 5 rings (SSSR count).